The highest BCUT2D eigenvalue weighted by Gasteiger charge is 2.34. The van der Waals surface area contributed by atoms with Gasteiger partial charge in [-0.25, -0.2) is 4.99 Å². The smallest absolute Gasteiger partial charge is 0.137 e. The lowest BCUT2D eigenvalue weighted by atomic mass is 9.84. The Morgan fingerprint density at radius 3 is 2.85 bits per heavy atom. The minimum atomic E-state index is -0.193. The van der Waals surface area contributed by atoms with E-state index in [9.17, 15) is 5.26 Å². The lowest BCUT2D eigenvalue weighted by Gasteiger charge is -2.23. The molecular weight excluding hydrogens is 420 g/mol. The van der Waals surface area contributed by atoms with Crippen molar-refractivity contribution in [1.82, 2.24) is 5.32 Å². The Hall–Kier alpha value is -3.72. The SMILES string of the molecule is C=C1C=C(C(=C)C2OCCC2c2ccccc2)C(C#N)=CN=C1Nc1ccc2c(c1)CCNC2. The van der Waals surface area contributed by atoms with Crippen molar-refractivity contribution in [3.63, 3.8) is 0 Å². The van der Waals surface area contributed by atoms with Crippen LogP contribution >= 0.6 is 0 Å². The Balaban J connectivity index is 1.39. The molecule has 2 N–H and O–H groups in total. The first-order valence-corrected chi connectivity index (χ1v) is 11.7. The van der Waals surface area contributed by atoms with Gasteiger partial charge in [-0.05, 0) is 65.4 Å². The van der Waals surface area contributed by atoms with Gasteiger partial charge in [-0.2, -0.15) is 5.26 Å². The summed E-state index contributed by atoms with van der Waals surface area (Å²) in [5, 5.41) is 16.7. The quantitative estimate of drug-likeness (QED) is 0.677. The molecule has 2 aromatic rings. The maximum atomic E-state index is 9.89. The van der Waals surface area contributed by atoms with Crippen LogP contribution in [0.3, 0.4) is 0 Å². The van der Waals surface area contributed by atoms with Crippen molar-refractivity contribution in [2.24, 2.45) is 4.99 Å². The lowest BCUT2D eigenvalue weighted by Crippen LogP contribution is -2.23. The van der Waals surface area contributed by atoms with Crippen LogP contribution in [-0.4, -0.2) is 25.1 Å². The molecule has 1 fully saturated rings. The highest BCUT2D eigenvalue weighted by molar-refractivity contribution is 6.10. The van der Waals surface area contributed by atoms with Gasteiger partial charge in [-0.15, -0.1) is 0 Å². The molecule has 0 amide bonds. The number of ether oxygens (including phenoxy) is 1. The van der Waals surface area contributed by atoms with Gasteiger partial charge in [0.15, 0.2) is 0 Å². The molecular formula is C29H28N4O. The fourth-order valence-corrected chi connectivity index (χ4v) is 4.89. The molecule has 3 aliphatic rings. The largest absolute Gasteiger partial charge is 0.373 e. The molecule has 3 heterocycles. The van der Waals surface area contributed by atoms with Gasteiger partial charge in [-0.3, -0.25) is 0 Å². The van der Waals surface area contributed by atoms with Gasteiger partial charge >= 0.3 is 0 Å². The minimum Gasteiger partial charge on any atom is -0.373 e. The van der Waals surface area contributed by atoms with Gasteiger partial charge in [0.1, 0.15) is 11.9 Å². The fourth-order valence-electron chi connectivity index (χ4n) is 4.89. The molecule has 34 heavy (non-hydrogen) atoms. The maximum Gasteiger partial charge on any atom is 0.137 e. The second-order valence-electron chi connectivity index (χ2n) is 8.87. The number of hydrogen-bond acceptors (Lipinski definition) is 5. The molecule has 5 nitrogen and oxygen atoms in total. The third kappa shape index (κ3) is 4.38. The van der Waals surface area contributed by atoms with E-state index in [4.69, 9.17) is 4.74 Å². The first-order chi connectivity index (χ1) is 16.6. The predicted molar refractivity (Wildman–Crippen MR) is 137 cm³/mol. The Bertz CT molecular complexity index is 1260. The van der Waals surface area contributed by atoms with Gasteiger partial charge in [0.05, 0.1) is 11.7 Å². The van der Waals surface area contributed by atoms with Gasteiger partial charge < -0.3 is 15.4 Å². The van der Waals surface area contributed by atoms with E-state index in [2.05, 4.69) is 65.2 Å². The van der Waals surface area contributed by atoms with E-state index in [1.165, 1.54) is 16.7 Å². The standard InChI is InChI=1S/C29H28N4O/c1-19-14-27(20(2)28-26(11-13-34-28)21-6-4-3-5-7-21)24(16-30)18-32-29(19)33-25-9-8-23-17-31-12-10-22(23)15-25/h3-9,14-15,18,26,28,31H,1-2,10-13,17H2,(H,32,33). The highest BCUT2D eigenvalue weighted by atomic mass is 16.5. The molecule has 2 aromatic carbocycles. The molecule has 0 saturated carbocycles. The van der Waals surface area contributed by atoms with E-state index < -0.39 is 0 Å². The van der Waals surface area contributed by atoms with E-state index in [0.29, 0.717) is 23.6 Å². The average Bonchev–Trinajstić information content (AvgIpc) is 3.31. The fraction of sp³-hybridized carbons (Fsp3) is 0.241. The molecule has 0 radical (unpaired) electrons. The summed E-state index contributed by atoms with van der Waals surface area (Å²) in [5.41, 5.74) is 7.54. The van der Waals surface area contributed by atoms with Gasteiger partial charge in [0.2, 0.25) is 0 Å². The van der Waals surface area contributed by atoms with Crippen molar-refractivity contribution in [1.29, 1.82) is 5.26 Å². The number of nitrogens with zero attached hydrogens (tertiary/aromatic N) is 2. The second-order valence-corrected chi connectivity index (χ2v) is 8.87. The second kappa shape index (κ2) is 9.64. The summed E-state index contributed by atoms with van der Waals surface area (Å²) >= 11 is 0. The van der Waals surface area contributed by atoms with Crippen molar-refractivity contribution in [2.75, 3.05) is 18.5 Å². The first-order valence-electron chi connectivity index (χ1n) is 11.7. The summed E-state index contributed by atoms with van der Waals surface area (Å²) in [6.45, 7) is 11.2. The number of rotatable bonds is 4. The van der Waals surface area contributed by atoms with Crippen LogP contribution in [0.25, 0.3) is 0 Å². The third-order valence-electron chi connectivity index (χ3n) is 6.72. The Morgan fingerprint density at radius 2 is 2.03 bits per heavy atom. The first kappa shape index (κ1) is 22.1. The van der Waals surface area contributed by atoms with Crippen LogP contribution < -0.4 is 10.6 Å². The summed E-state index contributed by atoms with van der Waals surface area (Å²) in [6, 6.07) is 19.0. The molecule has 5 rings (SSSR count). The monoisotopic (exact) mass is 448 g/mol. The van der Waals surface area contributed by atoms with E-state index >= 15 is 0 Å². The molecule has 0 aliphatic carbocycles. The van der Waals surface area contributed by atoms with Crippen LogP contribution in [0.5, 0.6) is 0 Å². The number of benzene rings is 2. The van der Waals surface area contributed by atoms with Crippen molar-refractivity contribution >= 4 is 11.5 Å². The zero-order valence-corrected chi connectivity index (χ0v) is 19.2. The van der Waals surface area contributed by atoms with Gasteiger partial charge in [0, 0.05) is 36.5 Å². The minimum absolute atomic E-state index is 0.193. The number of anilines is 1. The average molecular weight is 449 g/mol. The van der Waals surface area contributed by atoms with Crippen LogP contribution in [-0.2, 0) is 17.7 Å². The summed E-state index contributed by atoms with van der Waals surface area (Å²) in [6.07, 6.45) is 5.24. The molecule has 0 aromatic heterocycles. The lowest BCUT2D eigenvalue weighted by molar-refractivity contribution is 0.132. The molecule has 2 atom stereocenters. The molecule has 1 saturated heterocycles. The highest BCUT2D eigenvalue weighted by Crippen LogP contribution is 2.39. The summed E-state index contributed by atoms with van der Waals surface area (Å²) < 4.78 is 6.11. The van der Waals surface area contributed by atoms with Gasteiger partial charge in [-0.1, -0.05) is 49.6 Å². The molecule has 5 heteroatoms. The van der Waals surface area contributed by atoms with E-state index in [0.717, 1.165) is 42.8 Å². The van der Waals surface area contributed by atoms with E-state index in [1.54, 1.807) is 6.20 Å². The Morgan fingerprint density at radius 1 is 1.18 bits per heavy atom. The van der Waals surface area contributed by atoms with E-state index in [-0.39, 0.29) is 12.0 Å². The van der Waals surface area contributed by atoms with Crippen molar-refractivity contribution in [2.45, 2.75) is 31.4 Å². The number of fused-ring (bicyclic) bond motifs is 1. The molecule has 0 bridgehead atoms. The molecule has 3 aliphatic heterocycles. The summed E-state index contributed by atoms with van der Waals surface area (Å²) in [5.74, 6) is 0.825. The van der Waals surface area contributed by atoms with Gasteiger partial charge in [0.25, 0.3) is 0 Å². The van der Waals surface area contributed by atoms with Crippen molar-refractivity contribution in [3.8, 4) is 6.07 Å². The summed E-state index contributed by atoms with van der Waals surface area (Å²) in [4.78, 5) is 4.58. The molecule has 2 unspecified atom stereocenters. The third-order valence-corrected chi connectivity index (χ3v) is 6.72. The number of allylic oxidation sites excluding steroid dienone is 1. The molecule has 170 valence electrons. The maximum absolute atomic E-state index is 9.89. The van der Waals surface area contributed by atoms with Crippen molar-refractivity contribution in [3.05, 3.63) is 113 Å². The van der Waals surface area contributed by atoms with Crippen LogP contribution in [0, 0.1) is 11.3 Å². The topological polar surface area (TPSA) is 69.4 Å². The predicted octanol–water partition coefficient (Wildman–Crippen LogP) is 5.18. The van der Waals surface area contributed by atoms with E-state index in [1.807, 2.05) is 24.3 Å². The Kier molecular flexibility index (Phi) is 6.27. The zero-order chi connectivity index (χ0) is 23.5. The number of aliphatic imine (C=N–C) groups is 1. The Labute approximate surface area is 200 Å². The number of nitriles is 1. The van der Waals surface area contributed by atoms with Crippen LogP contribution in [0.15, 0.2) is 101 Å². The molecule has 0 spiro atoms. The van der Waals surface area contributed by atoms with Crippen LogP contribution in [0.4, 0.5) is 5.69 Å². The zero-order valence-electron chi connectivity index (χ0n) is 19.2. The van der Waals surface area contributed by atoms with Crippen LogP contribution in [0.2, 0.25) is 0 Å². The number of nitrogens with one attached hydrogen (secondary N) is 2. The number of hydrogen-bond donors (Lipinski definition) is 2. The normalized spacial score (nSPS) is 22.0. The number of amidine groups is 1. The van der Waals surface area contributed by atoms with Crippen LogP contribution in [0.1, 0.15) is 29.0 Å². The van der Waals surface area contributed by atoms with Crippen molar-refractivity contribution < 1.29 is 4.74 Å². The summed E-state index contributed by atoms with van der Waals surface area (Å²) in [7, 11) is 0.